The summed E-state index contributed by atoms with van der Waals surface area (Å²) in [5.41, 5.74) is 27.7. The van der Waals surface area contributed by atoms with Crippen LogP contribution >= 0.6 is 0 Å². The van der Waals surface area contributed by atoms with Crippen molar-refractivity contribution in [2.45, 2.75) is 215 Å². The molecule has 0 saturated heterocycles. The fourth-order valence-corrected chi connectivity index (χ4v) is 13.7. The first kappa shape index (κ1) is 113. The van der Waals surface area contributed by atoms with Crippen molar-refractivity contribution in [3.63, 3.8) is 0 Å². The van der Waals surface area contributed by atoms with E-state index >= 15 is 0 Å². The lowest BCUT2D eigenvalue weighted by Gasteiger charge is -2.27. The highest BCUT2D eigenvalue weighted by molar-refractivity contribution is 5.78. The minimum atomic E-state index is -1.58. The molecule has 0 bridgehead atoms. The van der Waals surface area contributed by atoms with Crippen molar-refractivity contribution in [1.29, 1.82) is 0 Å². The highest BCUT2D eigenvalue weighted by atomic mass is 16.6. The van der Waals surface area contributed by atoms with Gasteiger partial charge in [-0.15, -0.1) is 0 Å². The van der Waals surface area contributed by atoms with Crippen molar-refractivity contribution in [3.8, 4) is 11.1 Å². The van der Waals surface area contributed by atoms with Gasteiger partial charge in [0.25, 0.3) is 0 Å². The molecule has 2 aromatic carbocycles. The van der Waals surface area contributed by atoms with Crippen LogP contribution in [0.15, 0.2) is 48.5 Å². The monoisotopic (exact) mass is 1760 g/mol. The maximum Gasteiger partial charge on any atom is 0.167 e. The van der Waals surface area contributed by atoms with Gasteiger partial charge in [-0.05, 0) is 145 Å². The van der Waals surface area contributed by atoms with E-state index in [-0.39, 0.29) is 36.8 Å². The minimum absolute atomic E-state index is 0.105. The summed E-state index contributed by atoms with van der Waals surface area (Å²) in [5, 5.41) is 118. The SMILES string of the molecule is NCCCCC(CC(O)CCOCCOCCOCCOCCCC(O)C(CCCCN)NC(O)CCOCCOCCOCCOCCNC(O)C(CCCCN)CC(O)CCOCCOCCOCCOCCCC(O)OCC1c2ccccc2-c2ccccc21)C(O)NCCOCCOCCOCCOCCC(O)NC(CCCCN)C(O)O. The average molecular weight is 1760 g/mol. The number of nitrogens with one attached hydrogen (secondary N) is 4. The number of hydrogen-bond donors (Lipinski definition) is 18. The largest absolute Gasteiger partial charge is 0.393 e. The van der Waals surface area contributed by atoms with Crippen LogP contribution in [-0.4, -0.2) is 376 Å². The summed E-state index contributed by atoms with van der Waals surface area (Å²) >= 11 is 0. The number of hydrogen-bond acceptors (Lipinski definition) is 35. The first-order valence-corrected chi connectivity index (χ1v) is 45.4. The summed E-state index contributed by atoms with van der Waals surface area (Å²) in [6.45, 7) is 15.7. The molecule has 122 heavy (non-hydrogen) atoms. The van der Waals surface area contributed by atoms with Crippen molar-refractivity contribution in [2.75, 3.05) is 257 Å². The lowest BCUT2D eigenvalue weighted by Crippen LogP contribution is -2.46. The molecule has 35 heteroatoms. The molecule has 12 atom stereocenters. The Balaban J connectivity index is 1.07. The van der Waals surface area contributed by atoms with E-state index in [4.69, 9.17) is 103 Å². The van der Waals surface area contributed by atoms with Gasteiger partial charge in [-0.1, -0.05) is 74.2 Å². The van der Waals surface area contributed by atoms with Crippen molar-refractivity contribution in [3.05, 3.63) is 59.7 Å². The second kappa shape index (κ2) is 81.3. The molecule has 716 valence electrons. The van der Waals surface area contributed by atoms with Crippen LogP contribution in [0.4, 0.5) is 0 Å². The molecule has 0 radical (unpaired) electrons. The number of ether oxygens (including phenoxy) is 17. The van der Waals surface area contributed by atoms with E-state index in [1.165, 1.54) is 22.3 Å². The molecule has 0 aliphatic heterocycles. The molecular formula is C87H166N8O27. The van der Waals surface area contributed by atoms with Gasteiger partial charge in [0.2, 0.25) is 0 Å². The number of rotatable bonds is 95. The Morgan fingerprint density at radius 3 is 0.934 bits per heavy atom. The Kier molecular flexibility index (Phi) is 75.4. The number of fused-ring (bicyclic) bond motifs is 3. The van der Waals surface area contributed by atoms with E-state index in [2.05, 4.69) is 57.7 Å². The fourth-order valence-electron chi connectivity index (χ4n) is 13.7. The lowest BCUT2D eigenvalue weighted by molar-refractivity contribution is -0.108. The van der Waals surface area contributed by atoms with Gasteiger partial charge in [0.1, 0.15) is 24.9 Å². The van der Waals surface area contributed by atoms with Gasteiger partial charge in [-0.2, -0.15) is 0 Å². The van der Waals surface area contributed by atoms with Gasteiger partial charge in [0, 0.05) is 82.6 Å². The number of nitrogens with two attached hydrogens (primary N) is 4. The molecule has 3 rings (SSSR count). The zero-order valence-corrected chi connectivity index (χ0v) is 73.6. The van der Waals surface area contributed by atoms with E-state index in [0.29, 0.717) is 334 Å². The molecule has 2 aromatic rings. The zero-order chi connectivity index (χ0) is 88.0. The van der Waals surface area contributed by atoms with Gasteiger partial charge in [0.05, 0.1) is 216 Å². The van der Waals surface area contributed by atoms with Crippen LogP contribution in [0.25, 0.3) is 11.1 Å². The van der Waals surface area contributed by atoms with Crippen molar-refractivity contribution in [2.24, 2.45) is 34.8 Å². The van der Waals surface area contributed by atoms with Gasteiger partial charge < -0.3 is 155 Å². The predicted molar refractivity (Wildman–Crippen MR) is 464 cm³/mol. The molecule has 0 saturated carbocycles. The Bertz CT molecular complexity index is 2530. The molecule has 0 amide bonds. The molecule has 0 heterocycles. The summed E-state index contributed by atoms with van der Waals surface area (Å²) in [5.74, 6) is -0.248. The summed E-state index contributed by atoms with van der Waals surface area (Å²) in [7, 11) is 0. The maximum absolute atomic E-state index is 11.1. The zero-order valence-electron chi connectivity index (χ0n) is 73.6. The van der Waals surface area contributed by atoms with E-state index < -0.39 is 61.8 Å². The van der Waals surface area contributed by atoms with Gasteiger partial charge in [-0.3, -0.25) is 21.3 Å². The van der Waals surface area contributed by atoms with E-state index in [1.807, 2.05) is 12.1 Å². The number of aliphatic hydroxyl groups is 10. The summed E-state index contributed by atoms with van der Waals surface area (Å²) in [4.78, 5) is 0. The average Bonchev–Trinajstić information content (AvgIpc) is 1.62. The highest BCUT2D eigenvalue weighted by Crippen LogP contribution is 2.44. The second-order valence-corrected chi connectivity index (χ2v) is 30.5. The molecule has 22 N–H and O–H groups in total. The van der Waals surface area contributed by atoms with Crippen molar-refractivity contribution >= 4 is 0 Å². The summed E-state index contributed by atoms with van der Waals surface area (Å²) in [6, 6.07) is 15.8. The number of benzene rings is 2. The van der Waals surface area contributed by atoms with Gasteiger partial charge >= 0.3 is 0 Å². The molecule has 0 aromatic heterocycles. The molecule has 35 nitrogen and oxygen atoms in total. The van der Waals surface area contributed by atoms with Crippen LogP contribution in [0.5, 0.6) is 0 Å². The van der Waals surface area contributed by atoms with E-state index in [1.54, 1.807) is 0 Å². The standard InChI is InChI=1S/C87H166N8O27/c88-29-9-5-15-70(85(102)93-34-42-113-50-58-121-66-64-119-56-48-111-40-28-83(100)95-80(87(104)105)22-8-12-32-91)67-72(96)25-37-108-45-53-116-61-59-114-51-43-106-35-13-23-81(98)79(21-7-11-31-90)94-82(99)27-39-110-47-55-118-63-65-120-57-49-112-41-33-92-86(103)71(16-6-10-30-89)68-73(97)26-38-109-46-54-117-62-60-115-52-44-107-36-14-24-84(101)122-69-78-76-19-3-1-17-74(76)75-18-2-4-20-77(75)78/h1-4,17-20,70-73,78-87,92-105H,5-16,21-69,88-91H2. The first-order chi connectivity index (χ1) is 59.7. The van der Waals surface area contributed by atoms with E-state index in [9.17, 15) is 51.1 Å². The Morgan fingerprint density at radius 2 is 0.582 bits per heavy atom. The molecule has 0 fully saturated rings. The molecule has 1 aliphatic rings. The van der Waals surface area contributed by atoms with Crippen LogP contribution in [0.1, 0.15) is 158 Å². The van der Waals surface area contributed by atoms with Crippen LogP contribution in [0, 0.1) is 11.8 Å². The molecule has 1 aliphatic carbocycles. The third-order valence-corrected chi connectivity index (χ3v) is 20.5. The normalized spacial score (nSPS) is 15.5. The predicted octanol–water partition coefficient (Wildman–Crippen LogP) is 1.81. The Hall–Kier alpha value is -2.96. The van der Waals surface area contributed by atoms with Crippen molar-refractivity contribution < 1.29 is 132 Å². The highest BCUT2D eigenvalue weighted by Gasteiger charge is 2.30. The first-order valence-electron chi connectivity index (χ1n) is 45.4. The second-order valence-electron chi connectivity index (χ2n) is 30.5. The van der Waals surface area contributed by atoms with Gasteiger partial charge in [0.15, 0.2) is 12.6 Å². The van der Waals surface area contributed by atoms with Crippen LogP contribution in [0.3, 0.4) is 0 Å². The van der Waals surface area contributed by atoms with Crippen LogP contribution in [0.2, 0.25) is 0 Å². The van der Waals surface area contributed by atoms with Gasteiger partial charge in [-0.25, -0.2) is 0 Å². The third kappa shape index (κ3) is 61.5. The smallest absolute Gasteiger partial charge is 0.167 e. The summed E-state index contributed by atoms with van der Waals surface area (Å²) < 4.78 is 96.2. The maximum atomic E-state index is 11.1. The number of unbranched alkanes of at least 4 members (excludes halogenated alkanes) is 4. The Morgan fingerprint density at radius 1 is 0.287 bits per heavy atom. The minimum Gasteiger partial charge on any atom is -0.393 e. The van der Waals surface area contributed by atoms with E-state index in [0.717, 1.165) is 51.4 Å². The third-order valence-electron chi connectivity index (χ3n) is 20.5. The quantitative estimate of drug-likeness (QED) is 0.0332. The van der Waals surface area contributed by atoms with Crippen LogP contribution in [-0.2, 0) is 80.5 Å². The number of aliphatic hydroxyl groups excluding tert-OH is 9. The topological polar surface area (TPSA) is 511 Å². The summed E-state index contributed by atoms with van der Waals surface area (Å²) in [6.07, 6.45) is 5.66. The molecular weight excluding hydrogens is 1590 g/mol. The lowest BCUT2D eigenvalue weighted by atomic mass is 9.92. The fraction of sp³-hybridized carbons (Fsp3) is 0.862. The Labute approximate surface area is 727 Å². The van der Waals surface area contributed by atoms with Crippen molar-refractivity contribution in [1.82, 2.24) is 21.3 Å². The molecule has 0 spiro atoms. The molecule has 12 unspecified atom stereocenters. The van der Waals surface area contributed by atoms with Crippen LogP contribution < -0.4 is 44.2 Å².